The van der Waals surface area contributed by atoms with Crippen LogP contribution in [0.5, 0.6) is 0 Å². The summed E-state index contributed by atoms with van der Waals surface area (Å²) < 4.78 is 36.6. The molecule has 0 bridgehead atoms. The number of carbonyl (C=O) groups excluding carboxylic acids is 1. The fourth-order valence-electron chi connectivity index (χ4n) is 1.42. The first kappa shape index (κ1) is 15.4. The van der Waals surface area contributed by atoms with Crippen molar-refractivity contribution in [3.05, 3.63) is 24.0 Å². The van der Waals surface area contributed by atoms with Gasteiger partial charge >= 0.3 is 0 Å². The van der Waals surface area contributed by atoms with E-state index in [1.807, 2.05) is 0 Å². The molecule has 1 amide bonds. The fraction of sp³-hybridized carbons (Fsp3) is 0.417. The monoisotopic (exact) mass is 288 g/mol. The molecule has 0 radical (unpaired) electrons. The minimum atomic E-state index is -3.53. The van der Waals surface area contributed by atoms with Gasteiger partial charge in [0.1, 0.15) is 11.1 Å². The zero-order valence-electron chi connectivity index (χ0n) is 11.0. The lowest BCUT2D eigenvalue weighted by Gasteiger charge is -2.15. The van der Waals surface area contributed by atoms with Crippen LogP contribution in [0.25, 0.3) is 0 Å². The van der Waals surface area contributed by atoms with Gasteiger partial charge in [-0.1, -0.05) is 0 Å². The van der Waals surface area contributed by atoms with Crippen LogP contribution in [-0.4, -0.2) is 24.8 Å². The van der Waals surface area contributed by atoms with E-state index in [4.69, 9.17) is 5.73 Å². The van der Waals surface area contributed by atoms with Crippen LogP contribution in [-0.2, 0) is 14.6 Å². The second-order valence-electron chi connectivity index (χ2n) is 4.51. The summed E-state index contributed by atoms with van der Waals surface area (Å²) in [4.78, 5) is 11.8. The molecule has 0 spiro atoms. The van der Waals surface area contributed by atoms with Crippen molar-refractivity contribution in [1.82, 2.24) is 0 Å². The highest BCUT2D eigenvalue weighted by molar-refractivity contribution is 7.93. The van der Waals surface area contributed by atoms with Gasteiger partial charge in [-0.2, -0.15) is 0 Å². The van der Waals surface area contributed by atoms with Gasteiger partial charge in [-0.3, -0.25) is 4.79 Å². The molecule has 1 aromatic rings. The van der Waals surface area contributed by atoms with E-state index < -0.39 is 32.1 Å². The predicted molar refractivity (Wildman–Crippen MR) is 73.0 cm³/mol. The lowest BCUT2D eigenvalue weighted by molar-refractivity contribution is -0.115. The predicted octanol–water partition coefficient (Wildman–Crippen LogP) is 1.56. The van der Waals surface area contributed by atoms with Crippen molar-refractivity contribution in [1.29, 1.82) is 0 Å². The van der Waals surface area contributed by atoms with Crippen molar-refractivity contribution in [2.24, 2.45) is 0 Å². The Labute approximate surface area is 111 Å². The van der Waals surface area contributed by atoms with Gasteiger partial charge in [0.05, 0.1) is 10.9 Å². The topological polar surface area (TPSA) is 89.3 Å². The van der Waals surface area contributed by atoms with Gasteiger partial charge in [0.25, 0.3) is 0 Å². The average Bonchev–Trinajstić information content (AvgIpc) is 2.32. The molecule has 106 valence electrons. The van der Waals surface area contributed by atoms with Gasteiger partial charge in [-0.15, -0.1) is 0 Å². The van der Waals surface area contributed by atoms with Crippen molar-refractivity contribution < 1.29 is 17.6 Å². The number of hydrogen-bond acceptors (Lipinski definition) is 4. The molecule has 7 heteroatoms. The minimum Gasteiger partial charge on any atom is -0.396 e. The molecule has 1 rings (SSSR count). The Morgan fingerprint density at radius 2 is 1.89 bits per heavy atom. The molecule has 0 aromatic heterocycles. The summed E-state index contributed by atoms with van der Waals surface area (Å²) in [6.45, 7) is 4.33. The van der Waals surface area contributed by atoms with Gasteiger partial charge in [0.15, 0.2) is 9.84 Å². The van der Waals surface area contributed by atoms with Crippen LogP contribution in [0.3, 0.4) is 0 Å². The molecule has 0 fully saturated rings. The summed E-state index contributed by atoms with van der Waals surface area (Å²) >= 11 is 0. The highest BCUT2D eigenvalue weighted by Crippen LogP contribution is 2.18. The van der Waals surface area contributed by atoms with Gasteiger partial charge in [0.2, 0.25) is 5.91 Å². The maximum atomic E-state index is 13.0. The SMILES string of the molecule is CC(C)S(=O)(=O)C(C)C(=O)Nc1ccc(F)c(N)c1. The molecule has 5 nitrogen and oxygen atoms in total. The Morgan fingerprint density at radius 1 is 1.32 bits per heavy atom. The highest BCUT2D eigenvalue weighted by atomic mass is 32.2. The lowest BCUT2D eigenvalue weighted by Crippen LogP contribution is -2.36. The van der Waals surface area contributed by atoms with Crippen LogP contribution in [0.2, 0.25) is 0 Å². The van der Waals surface area contributed by atoms with E-state index in [-0.39, 0.29) is 11.4 Å². The Balaban J connectivity index is 2.88. The van der Waals surface area contributed by atoms with Crippen LogP contribution >= 0.6 is 0 Å². The van der Waals surface area contributed by atoms with Crippen LogP contribution in [0.1, 0.15) is 20.8 Å². The van der Waals surface area contributed by atoms with Gasteiger partial charge in [-0.25, -0.2) is 12.8 Å². The number of benzene rings is 1. The quantitative estimate of drug-likeness (QED) is 0.823. The minimum absolute atomic E-state index is 0.114. The summed E-state index contributed by atoms with van der Waals surface area (Å²) in [6.07, 6.45) is 0. The third-order valence-corrected chi connectivity index (χ3v) is 5.30. The molecule has 1 unspecified atom stereocenters. The molecule has 1 aromatic carbocycles. The molecule has 0 heterocycles. The molecular formula is C12H17FN2O3S. The number of hydrogen-bond donors (Lipinski definition) is 2. The standard InChI is InChI=1S/C12H17FN2O3S/c1-7(2)19(17,18)8(3)12(16)15-9-4-5-10(13)11(14)6-9/h4-8H,14H2,1-3H3,(H,15,16). The molecule has 0 saturated carbocycles. The number of rotatable bonds is 4. The van der Waals surface area contributed by atoms with Gasteiger partial charge in [-0.05, 0) is 39.0 Å². The summed E-state index contributed by atoms with van der Waals surface area (Å²) in [7, 11) is -3.53. The first-order chi connectivity index (χ1) is 8.66. The number of anilines is 2. The van der Waals surface area contributed by atoms with Crippen LogP contribution < -0.4 is 11.1 Å². The zero-order chi connectivity index (χ0) is 14.8. The second-order valence-corrected chi connectivity index (χ2v) is 7.33. The van der Waals surface area contributed by atoms with E-state index >= 15 is 0 Å². The maximum absolute atomic E-state index is 13.0. The largest absolute Gasteiger partial charge is 0.396 e. The number of halogens is 1. The molecule has 0 aliphatic heterocycles. The molecule has 3 N–H and O–H groups in total. The van der Waals surface area contributed by atoms with E-state index in [1.54, 1.807) is 0 Å². The van der Waals surface area contributed by atoms with E-state index in [9.17, 15) is 17.6 Å². The molecule has 0 saturated heterocycles. The first-order valence-electron chi connectivity index (χ1n) is 5.75. The summed E-state index contributed by atoms with van der Waals surface area (Å²) in [6, 6.07) is 3.66. The van der Waals surface area contributed by atoms with E-state index in [1.165, 1.54) is 32.9 Å². The Kier molecular flexibility index (Phi) is 4.52. The Hall–Kier alpha value is -1.63. The fourth-order valence-corrected chi connectivity index (χ4v) is 2.60. The first-order valence-corrected chi connectivity index (χ1v) is 7.35. The maximum Gasteiger partial charge on any atom is 0.242 e. The van der Waals surface area contributed by atoms with Crippen molar-refractivity contribution in [2.75, 3.05) is 11.1 Å². The van der Waals surface area contributed by atoms with E-state index in [0.717, 1.165) is 6.07 Å². The molecule has 0 aliphatic rings. The summed E-state index contributed by atoms with van der Waals surface area (Å²) in [5.41, 5.74) is 5.51. The van der Waals surface area contributed by atoms with Crippen molar-refractivity contribution >= 4 is 27.1 Å². The summed E-state index contributed by atoms with van der Waals surface area (Å²) in [5, 5.41) is 0.578. The number of amides is 1. The number of carbonyl (C=O) groups is 1. The summed E-state index contributed by atoms with van der Waals surface area (Å²) in [5.74, 6) is -1.26. The average molecular weight is 288 g/mol. The number of nitrogens with two attached hydrogens (primary N) is 1. The molecule has 0 aliphatic carbocycles. The molecule has 1 atom stereocenters. The van der Waals surface area contributed by atoms with Crippen LogP contribution in [0.15, 0.2) is 18.2 Å². The number of nitrogen functional groups attached to an aromatic ring is 1. The van der Waals surface area contributed by atoms with Crippen LogP contribution in [0, 0.1) is 5.82 Å². The van der Waals surface area contributed by atoms with Gasteiger partial charge < -0.3 is 11.1 Å². The van der Waals surface area contributed by atoms with E-state index in [0.29, 0.717) is 0 Å². The van der Waals surface area contributed by atoms with Crippen molar-refractivity contribution in [3.63, 3.8) is 0 Å². The number of sulfone groups is 1. The normalized spacial score (nSPS) is 13.3. The molecule has 19 heavy (non-hydrogen) atoms. The number of nitrogens with one attached hydrogen (secondary N) is 1. The molecular weight excluding hydrogens is 271 g/mol. The Bertz CT molecular complexity index is 585. The third kappa shape index (κ3) is 3.44. The third-order valence-electron chi connectivity index (χ3n) is 2.78. The van der Waals surface area contributed by atoms with E-state index in [2.05, 4.69) is 5.32 Å². The lowest BCUT2D eigenvalue weighted by atomic mass is 10.2. The second kappa shape index (κ2) is 5.56. The highest BCUT2D eigenvalue weighted by Gasteiger charge is 2.30. The van der Waals surface area contributed by atoms with Gasteiger partial charge in [0, 0.05) is 5.69 Å². The Morgan fingerprint density at radius 3 is 2.37 bits per heavy atom. The smallest absolute Gasteiger partial charge is 0.242 e. The van der Waals surface area contributed by atoms with Crippen molar-refractivity contribution in [2.45, 2.75) is 31.3 Å². The van der Waals surface area contributed by atoms with Crippen molar-refractivity contribution in [3.8, 4) is 0 Å². The zero-order valence-corrected chi connectivity index (χ0v) is 11.8. The van der Waals surface area contributed by atoms with Crippen LogP contribution in [0.4, 0.5) is 15.8 Å².